The molecule has 1 aliphatic carbocycles. The summed E-state index contributed by atoms with van der Waals surface area (Å²) in [5.74, 6) is 1.79. The van der Waals surface area contributed by atoms with Crippen molar-refractivity contribution in [3.05, 3.63) is 0 Å². The first-order valence-corrected chi connectivity index (χ1v) is 4.05. The van der Waals surface area contributed by atoms with Gasteiger partial charge in [-0.05, 0) is 18.3 Å². The molecule has 0 aromatic rings. The second-order valence-electron chi connectivity index (χ2n) is 3.14. The minimum atomic E-state index is 0.551. The van der Waals surface area contributed by atoms with E-state index >= 15 is 0 Å². The summed E-state index contributed by atoms with van der Waals surface area (Å²) < 4.78 is 0. The van der Waals surface area contributed by atoms with Gasteiger partial charge in [0.15, 0.2) is 0 Å². The maximum Gasteiger partial charge on any atom is 0.00737 e. The lowest BCUT2D eigenvalue weighted by Crippen LogP contribution is -2.09. The third-order valence-corrected chi connectivity index (χ3v) is 2.55. The van der Waals surface area contributed by atoms with Crippen LogP contribution in [0.2, 0.25) is 0 Å². The maximum atomic E-state index is 5.72. The number of hydrogen-bond donors (Lipinski definition) is 1. The predicted molar refractivity (Wildman–Crippen MR) is 40.2 cm³/mol. The molecule has 1 aliphatic rings. The van der Waals surface area contributed by atoms with Gasteiger partial charge in [0.2, 0.25) is 0 Å². The lowest BCUT2D eigenvalue weighted by Gasteiger charge is -2.09. The van der Waals surface area contributed by atoms with Crippen molar-refractivity contribution in [3.8, 4) is 0 Å². The topological polar surface area (TPSA) is 26.0 Å². The molecule has 0 unspecified atom stereocenters. The van der Waals surface area contributed by atoms with Crippen LogP contribution in [-0.2, 0) is 0 Å². The van der Waals surface area contributed by atoms with Crippen LogP contribution in [0.5, 0.6) is 0 Å². The van der Waals surface area contributed by atoms with Crippen molar-refractivity contribution in [1.29, 1.82) is 0 Å². The molecule has 1 nitrogen and oxygen atoms in total. The second-order valence-corrected chi connectivity index (χ2v) is 3.14. The molecule has 2 N–H and O–H groups in total. The Morgan fingerprint density at radius 1 is 1.44 bits per heavy atom. The molecule has 1 heteroatoms. The molecule has 1 rings (SSSR count). The fourth-order valence-electron chi connectivity index (χ4n) is 1.67. The van der Waals surface area contributed by atoms with Gasteiger partial charge in [-0.3, -0.25) is 0 Å². The van der Waals surface area contributed by atoms with Gasteiger partial charge in [0.25, 0.3) is 0 Å². The zero-order valence-electron chi connectivity index (χ0n) is 6.43. The van der Waals surface area contributed by atoms with Crippen LogP contribution in [0.25, 0.3) is 0 Å². The van der Waals surface area contributed by atoms with Gasteiger partial charge in [0, 0.05) is 6.04 Å². The first kappa shape index (κ1) is 7.07. The Morgan fingerprint density at radius 3 is 2.00 bits per heavy atom. The first-order valence-electron chi connectivity index (χ1n) is 4.05. The SMILES string of the molecule is CCC(CC)[C@@H]1C[C@H]1N. The van der Waals surface area contributed by atoms with Crippen molar-refractivity contribution < 1.29 is 0 Å². The molecule has 2 atom stereocenters. The van der Waals surface area contributed by atoms with Gasteiger partial charge in [-0.1, -0.05) is 26.7 Å². The fourth-order valence-corrected chi connectivity index (χ4v) is 1.67. The summed E-state index contributed by atoms with van der Waals surface area (Å²) in [7, 11) is 0. The summed E-state index contributed by atoms with van der Waals surface area (Å²) in [6.45, 7) is 4.53. The van der Waals surface area contributed by atoms with Crippen molar-refractivity contribution in [2.75, 3.05) is 0 Å². The summed E-state index contributed by atoms with van der Waals surface area (Å²) in [4.78, 5) is 0. The van der Waals surface area contributed by atoms with Crippen LogP contribution in [0.1, 0.15) is 33.1 Å². The largest absolute Gasteiger partial charge is 0.327 e. The minimum Gasteiger partial charge on any atom is -0.327 e. The highest BCUT2D eigenvalue weighted by atomic mass is 14.7. The van der Waals surface area contributed by atoms with E-state index in [-0.39, 0.29) is 0 Å². The summed E-state index contributed by atoms with van der Waals surface area (Å²) in [6.07, 6.45) is 3.91. The Labute approximate surface area is 57.6 Å². The summed E-state index contributed by atoms with van der Waals surface area (Å²) in [5.41, 5.74) is 5.72. The third kappa shape index (κ3) is 1.45. The van der Waals surface area contributed by atoms with Gasteiger partial charge in [-0.2, -0.15) is 0 Å². The van der Waals surface area contributed by atoms with Gasteiger partial charge < -0.3 is 5.73 Å². The zero-order valence-corrected chi connectivity index (χ0v) is 6.43. The smallest absolute Gasteiger partial charge is 0.00737 e. The van der Waals surface area contributed by atoms with Crippen LogP contribution < -0.4 is 5.73 Å². The summed E-state index contributed by atoms with van der Waals surface area (Å²) in [5, 5.41) is 0. The molecule has 0 aromatic carbocycles. The van der Waals surface area contributed by atoms with Crippen LogP contribution in [0.3, 0.4) is 0 Å². The molecule has 1 fully saturated rings. The first-order chi connectivity index (χ1) is 4.29. The highest BCUT2D eigenvalue weighted by Crippen LogP contribution is 2.38. The van der Waals surface area contributed by atoms with Crippen molar-refractivity contribution in [3.63, 3.8) is 0 Å². The average Bonchev–Trinajstić information content (AvgIpc) is 2.51. The molecule has 0 aliphatic heterocycles. The lowest BCUT2D eigenvalue weighted by molar-refractivity contribution is 0.425. The van der Waals surface area contributed by atoms with Crippen LogP contribution in [0, 0.1) is 11.8 Å². The molecule has 0 bridgehead atoms. The Kier molecular flexibility index (Phi) is 2.12. The number of rotatable bonds is 3. The van der Waals surface area contributed by atoms with E-state index in [4.69, 9.17) is 5.73 Å². The van der Waals surface area contributed by atoms with E-state index in [2.05, 4.69) is 13.8 Å². The maximum absolute atomic E-state index is 5.72. The van der Waals surface area contributed by atoms with Crippen molar-refractivity contribution in [1.82, 2.24) is 0 Å². The Balaban J connectivity index is 2.23. The summed E-state index contributed by atoms with van der Waals surface area (Å²) in [6, 6.07) is 0.551. The predicted octanol–water partition coefficient (Wildman–Crippen LogP) is 1.77. The van der Waals surface area contributed by atoms with Gasteiger partial charge in [0.1, 0.15) is 0 Å². The van der Waals surface area contributed by atoms with Crippen molar-refractivity contribution in [2.45, 2.75) is 39.2 Å². The second kappa shape index (κ2) is 2.70. The fraction of sp³-hybridized carbons (Fsp3) is 1.00. The van der Waals surface area contributed by atoms with Gasteiger partial charge in [-0.15, -0.1) is 0 Å². The summed E-state index contributed by atoms with van der Waals surface area (Å²) >= 11 is 0. The van der Waals surface area contributed by atoms with Gasteiger partial charge in [0.05, 0.1) is 0 Å². The highest BCUT2D eigenvalue weighted by molar-refractivity contribution is 4.93. The van der Waals surface area contributed by atoms with Crippen molar-refractivity contribution in [2.24, 2.45) is 17.6 Å². The monoisotopic (exact) mass is 127 g/mol. The molecule has 0 amide bonds. The molecule has 0 spiro atoms. The molecule has 0 radical (unpaired) electrons. The van der Waals surface area contributed by atoms with E-state index in [1.54, 1.807) is 0 Å². The number of nitrogens with two attached hydrogens (primary N) is 1. The zero-order chi connectivity index (χ0) is 6.85. The van der Waals surface area contributed by atoms with E-state index < -0.39 is 0 Å². The van der Waals surface area contributed by atoms with E-state index in [1.165, 1.54) is 19.3 Å². The lowest BCUT2D eigenvalue weighted by atomic mass is 9.98. The Morgan fingerprint density at radius 2 is 1.89 bits per heavy atom. The standard InChI is InChI=1S/C8H17N/c1-3-6(4-2)7-5-8(7)9/h6-8H,3-5,9H2,1-2H3/t7-,8+/m0/s1. The molecular weight excluding hydrogens is 110 g/mol. The van der Waals surface area contributed by atoms with Crippen LogP contribution >= 0.6 is 0 Å². The average molecular weight is 127 g/mol. The van der Waals surface area contributed by atoms with Crippen LogP contribution in [0.15, 0.2) is 0 Å². The molecule has 54 valence electrons. The highest BCUT2D eigenvalue weighted by Gasteiger charge is 2.37. The van der Waals surface area contributed by atoms with E-state index in [1.807, 2.05) is 0 Å². The molecule has 0 saturated heterocycles. The van der Waals surface area contributed by atoms with E-state index in [9.17, 15) is 0 Å². The molecule has 0 aromatic heterocycles. The minimum absolute atomic E-state index is 0.551. The molecule has 0 heterocycles. The van der Waals surface area contributed by atoms with Crippen LogP contribution in [0.4, 0.5) is 0 Å². The van der Waals surface area contributed by atoms with Gasteiger partial charge >= 0.3 is 0 Å². The molecule has 1 saturated carbocycles. The quantitative estimate of drug-likeness (QED) is 0.614. The van der Waals surface area contributed by atoms with Crippen LogP contribution in [-0.4, -0.2) is 6.04 Å². The molecular formula is C8H17N. The molecule has 9 heavy (non-hydrogen) atoms. The van der Waals surface area contributed by atoms with Crippen molar-refractivity contribution >= 4 is 0 Å². The Bertz CT molecular complexity index is 86.6. The third-order valence-electron chi connectivity index (χ3n) is 2.55. The normalized spacial score (nSPS) is 33.3. The van der Waals surface area contributed by atoms with Gasteiger partial charge in [-0.25, -0.2) is 0 Å². The van der Waals surface area contributed by atoms with E-state index in [0.29, 0.717) is 6.04 Å². The Hall–Kier alpha value is -0.0400. The van der Waals surface area contributed by atoms with E-state index in [0.717, 1.165) is 11.8 Å². The number of hydrogen-bond acceptors (Lipinski definition) is 1.